The molecule has 0 unspecified atom stereocenters. The summed E-state index contributed by atoms with van der Waals surface area (Å²) in [5, 5.41) is 2.67. The summed E-state index contributed by atoms with van der Waals surface area (Å²) in [5.74, 6) is 0.561. The molecule has 1 N–H and O–H groups in total. The molecule has 6 nitrogen and oxygen atoms in total. The highest BCUT2D eigenvalue weighted by molar-refractivity contribution is 5.97. The summed E-state index contributed by atoms with van der Waals surface area (Å²) < 4.78 is 5.23. The average molecular weight is 339 g/mol. The third-order valence-corrected chi connectivity index (χ3v) is 3.48. The van der Waals surface area contributed by atoms with Crippen LogP contribution in [0.15, 0.2) is 48.7 Å². The number of amides is 2. The molecule has 0 atom stereocenters. The molecule has 0 aliphatic rings. The number of likely N-dealkylation sites (N-methyl/N-ethyl adjacent to an activating group) is 1. The Bertz CT molecular complexity index is 787. The van der Waals surface area contributed by atoms with Crippen molar-refractivity contribution in [3.05, 3.63) is 59.8 Å². The van der Waals surface area contributed by atoms with Crippen LogP contribution in [0.4, 0.5) is 5.82 Å². The second-order valence-electron chi connectivity index (χ2n) is 5.54. The fourth-order valence-corrected chi connectivity index (χ4v) is 2.17. The van der Waals surface area contributed by atoms with E-state index in [1.807, 2.05) is 37.3 Å². The maximum atomic E-state index is 12.2. The Labute approximate surface area is 147 Å². The molecule has 0 aliphatic carbocycles. The first kappa shape index (κ1) is 18.2. The van der Waals surface area contributed by atoms with Gasteiger partial charge in [0.25, 0.3) is 0 Å². The lowest BCUT2D eigenvalue weighted by Crippen LogP contribution is -2.34. The number of rotatable bonds is 6. The highest BCUT2D eigenvalue weighted by atomic mass is 16.5. The maximum absolute atomic E-state index is 12.2. The maximum Gasteiger partial charge on any atom is 0.246 e. The van der Waals surface area contributed by atoms with E-state index in [-0.39, 0.29) is 18.4 Å². The molecule has 0 aliphatic heterocycles. The molecule has 0 saturated carbocycles. The largest absolute Gasteiger partial charge is 0.496 e. The van der Waals surface area contributed by atoms with Crippen molar-refractivity contribution in [1.82, 2.24) is 9.88 Å². The molecule has 6 heteroatoms. The number of carbonyl (C=O) groups is 2. The van der Waals surface area contributed by atoms with Gasteiger partial charge in [-0.15, -0.1) is 0 Å². The molecule has 0 saturated heterocycles. The van der Waals surface area contributed by atoms with Gasteiger partial charge in [0.05, 0.1) is 13.7 Å². The molecule has 0 bridgehead atoms. The predicted molar refractivity (Wildman–Crippen MR) is 97.3 cm³/mol. The zero-order chi connectivity index (χ0) is 18.2. The zero-order valence-corrected chi connectivity index (χ0v) is 14.5. The number of ether oxygens (including phenoxy) is 1. The first-order valence-electron chi connectivity index (χ1n) is 7.78. The number of hydrogen-bond donors (Lipinski definition) is 1. The van der Waals surface area contributed by atoms with Gasteiger partial charge in [-0.05, 0) is 36.8 Å². The summed E-state index contributed by atoms with van der Waals surface area (Å²) in [5.41, 5.74) is 1.79. The monoisotopic (exact) mass is 339 g/mol. The number of anilines is 1. The second-order valence-corrected chi connectivity index (χ2v) is 5.54. The minimum absolute atomic E-state index is 0.0648. The average Bonchev–Trinajstić information content (AvgIpc) is 2.59. The summed E-state index contributed by atoms with van der Waals surface area (Å²) in [6, 6.07) is 11.0. The van der Waals surface area contributed by atoms with Gasteiger partial charge < -0.3 is 15.0 Å². The highest BCUT2D eigenvalue weighted by Crippen LogP contribution is 2.18. The van der Waals surface area contributed by atoms with Crippen LogP contribution in [0.25, 0.3) is 6.08 Å². The molecule has 1 aromatic heterocycles. The van der Waals surface area contributed by atoms with Gasteiger partial charge in [-0.1, -0.05) is 18.2 Å². The molecule has 1 aromatic carbocycles. The van der Waals surface area contributed by atoms with E-state index in [2.05, 4.69) is 10.3 Å². The second kappa shape index (κ2) is 8.63. The van der Waals surface area contributed by atoms with Gasteiger partial charge in [-0.3, -0.25) is 9.59 Å². The number of hydrogen-bond acceptors (Lipinski definition) is 4. The van der Waals surface area contributed by atoms with E-state index in [1.54, 1.807) is 32.5 Å². The quantitative estimate of drug-likeness (QED) is 0.821. The number of carbonyl (C=O) groups excluding carboxylic acids is 2. The molecule has 2 rings (SSSR count). The van der Waals surface area contributed by atoms with Crippen molar-refractivity contribution >= 4 is 23.7 Å². The van der Waals surface area contributed by atoms with E-state index < -0.39 is 0 Å². The first-order valence-corrected chi connectivity index (χ1v) is 7.78. The van der Waals surface area contributed by atoms with Crippen molar-refractivity contribution in [3.8, 4) is 5.75 Å². The third-order valence-electron chi connectivity index (χ3n) is 3.48. The Morgan fingerprint density at radius 2 is 2.04 bits per heavy atom. The number of para-hydroxylation sites is 1. The first-order chi connectivity index (χ1) is 12.0. The Kier molecular flexibility index (Phi) is 6.28. The predicted octanol–water partition coefficient (Wildman–Crippen LogP) is 2.51. The molecule has 2 aromatic rings. The zero-order valence-electron chi connectivity index (χ0n) is 14.5. The van der Waals surface area contributed by atoms with Crippen LogP contribution in [0.3, 0.4) is 0 Å². The van der Waals surface area contributed by atoms with E-state index >= 15 is 0 Å². The van der Waals surface area contributed by atoms with Crippen LogP contribution in [0, 0.1) is 6.92 Å². The number of nitrogens with one attached hydrogen (secondary N) is 1. The molecule has 0 spiro atoms. The molecule has 2 amide bonds. The summed E-state index contributed by atoms with van der Waals surface area (Å²) in [4.78, 5) is 29.6. The lowest BCUT2D eigenvalue weighted by Gasteiger charge is -2.14. The lowest BCUT2D eigenvalue weighted by atomic mass is 10.2. The number of benzene rings is 1. The molecule has 25 heavy (non-hydrogen) atoms. The van der Waals surface area contributed by atoms with Gasteiger partial charge in [-0.2, -0.15) is 0 Å². The molecule has 0 fully saturated rings. The van der Waals surface area contributed by atoms with Crippen molar-refractivity contribution in [2.75, 3.05) is 26.0 Å². The Hall–Kier alpha value is -3.15. The number of nitrogens with zero attached hydrogens (tertiary/aromatic N) is 2. The van der Waals surface area contributed by atoms with E-state index in [0.29, 0.717) is 11.6 Å². The minimum atomic E-state index is -0.306. The summed E-state index contributed by atoms with van der Waals surface area (Å²) >= 11 is 0. The van der Waals surface area contributed by atoms with Gasteiger partial charge in [0.1, 0.15) is 11.6 Å². The summed E-state index contributed by atoms with van der Waals surface area (Å²) in [7, 11) is 3.14. The van der Waals surface area contributed by atoms with Crippen LogP contribution in [-0.2, 0) is 9.59 Å². The van der Waals surface area contributed by atoms with Gasteiger partial charge in [-0.25, -0.2) is 4.98 Å². The Morgan fingerprint density at radius 3 is 2.76 bits per heavy atom. The van der Waals surface area contributed by atoms with E-state index in [1.165, 1.54) is 11.0 Å². The smallest absolute Gasteiger partial charge is 0.246 e. The number of aromatic nitrogens is 1. The normalized spacial score (nSPS) is 10.5. The van der Waals surface area contributed by atoms with Crippen LogP contribution in [0.5, 0.6) is 5.75 Å². The fraction of sp³-hybridized carbons (Fsp3) is 0.211. The SMILES string of the molecule is COc1ccccc1/C=C/C(=O)N(C)CC(=O)Nc1cc(C)ccn1. The van der Waals surface area contributed by atoms with Gasteiger partial charge in [0.15, 0.2) is 0 Å². The molecule has 1 heterocycles. The number of aryl methyl sites for hydroxylation is 1. The van der Waals surface area contributed by atoms with Crippen molar-refractivity contribution in [2.24, 2.45) is 0 Å². The molecular formula is C19H21N3O3. The van der Waals surface area contributed by atoms with Gasteiger partial charge >= 0.3 is 0 Å². The van der Waals surface area contributed by atoms with Gasteiger partial charge in [0, 0.05) is 24.9 Å². The van der Waals surface area contributed by atoms with E-state index in [0.717, 1.165) is 11.1 Å². The standard InChI is InChI=1S/C19H21N3O3/c1-14-10-11-20-17(12-14)21-18(23)13-22(2)19(24)9-8-15-6-4-5-7-16(15)25-3/h4-12H,13H2,1-3H3,(H,20,21,23)/b9-8+. The topological polar surface area (TPSA) is 71.5 Å². The van der Waals surface area contributed by atoms with E-state index in [4.69, 9.17) is 4.74 Å². The van der Waals surface area contributed by atoms with Gasteiger partial charge in [0.2, 0.25) is 11.8 Å². The van der Waals surface area contributed by atoms with Crippen molar-refractivity contribution in [1.29, 1.82) is 0 Å². The van der Waals surface area contributed by atoms with Crippen LogP contribution < -0.4 is 10.1 Å². The lowest BCUT2D eigenvalue weighted by molar-refractivity contribution is -0.129. The van der Waals surface area contributed by atoms with Crippen molar-refractivity contribution < 1.29 is 14.3 Å². The number of pyridine rings is 1. The molecule has 0 radical (unpaired) electrons. The van der Waals surface area contributed by atoms with Crippen LogP contribution in [-0.4, -0.2) is 42.4 Å². The van der Waals surface area contributed by atoms with E-state index in [9.17, 15) is 9.59 Å². The van der Waals surface area contributed by atoms with Crippen LogP contribution >= 0.6 is 0 Å². The summed E-state index contributed by atoms with van der Waals surface area (Å²) in [6.45, 7) is 1.85. The molecular weight excluding hydrogens is 318 g/mol. The minimum Gasteiger partial charge on any atom is -0.496 e. The Balaban J connectivity index is 1.93. The number of methoxy groups -OCH3 is 1. The van der Waals surface area contributed by atoms with Crippen molar-refractivity contribution in [2.45, 2.75) is 6.92 Å². The summed E-state index contributed by atoms with van der Waals surface area (Å²) in [6.07, 6.45) is 4.70. The van der Waals surface area contributed by atoms with Crippen molar-refractivity contribution in [3.63, 3.8) is 0 Å². The van der Waals surface area contributed by atoms with Crippen LogP contribution in [0.1, 0.15) is 11.1 Å². The molecule has 130 valence electrons. The highest BCUT2D eigenvalue weighted by Gasteiger charge is 2.11. The Morgan fingerprint density at radius 1 is 1.28 bits per heavy atom. The third kappa shape index (κ3) is 5.46. The fourth-order valence-electron chi connectivity index (χ4n) is 2.17. The van der Waals surface area contributed by atoms with Crippen LogP contribution in [0.2, 0.25) is 0 Å².